The maximum Gasteiger partial charge on any atom is 0.699 e. The van der Waals surface area contributed by atoms with E-state index in [4.69, 9.17) is 18.5 Å². The van der Waals surface area contributed by atoms with Gasteiger partial charge in [0, 0.05) is 15.7 Å². The number of hydrogen-bond acceptors (Lipinski definition) is 7. The Morgan fingerprint density at radius 3 is 1.33 bits per heavy atom. The maximum absolute atomic E-state index is 12.6. The molecule has 0 aliphatic rings. The minimum Gasteiger partial charge on any atom is -0.424 e. The predicted octanol–water partition coefficient (Wildman–Crippen LogP) is 6.88. The Kier molecular flexibility index (Phi) is 9.58. The van der Waals surface area contributed by atoms with Crippen LogP contribution in [-0.2, 0) is 34.0 Å². The first-order valence-electron chi connectivity index (χ1n) is 12.0. The van der Waals surface area contributed by atoms with Gasteiger partial charge < -0.3 is 9.47 Å². The zero-order valence-corrected chi connectivity index (χ0v) is 23.8. The zero-order chi connectivity index (χ0) is 27.4. The monoisotopic (exact) mass is 517 g/mol. The maximum atomic E-state index is 12.6. The smallest absolute Gasteiger partial charge is 0.424 e. The number of hydrogen-bond donors (Lipinski definition) is 0. The van der Waals surface area contributed by atoms with Crippen LogP contribution >= 0.6 is 8.25 Å². The van der Waals surface area contributed by atoms with Gasteiger partial charge in [0.1, 0.15) is 11.5 Å². The van der Waals surface area contributed by atoms with E-state index in [2.05, 4.69) is 0 Å². The van der Waals surface area contributed by atoms with E-state index in [-0.39, 0.29) is 10.8 Å². The van der Waals surface area contributed by atoms with E-state index in [1.54, 1.807) is 12.1 Å². The highest BCUT2D eigenvalue weighted by Crippen LogP contribution is 2.35. The minimum atomic E-state index is -2.80. The number of esters is 2. The third kappa shape index (κ3) is 8.22. The van der Waals surface area contributed by atoms with E-state index in [0.717, 1.165) is 22.3 Å². The summed E-state index contributed by atoms with van der Waals surface area (Å²) in [4.78, 5) is 25.2. The van der Waals surface area contributed by atoms with Crippen molar-refractivity contribution in [1.82, 2.24) is 0 Å². The first-order valence-corrected chi connectivity index (χ1v) is 13.0. The predicted molar refractivity (Wildman–Crippen MR) is 140 cm³/mol. The Morgan fingerprint density at radius 1 is 0.694 bits per heavy atom. The van der Waals surface area contributed by atoms with Crippen molar-refractivity contribution in [3.8, 4) is 11.5 Å². The summed E-state index contributed by atoms with van der Waals surface area (Å²) in [6.07, 6.45) is -2.37. The van der Waals surface area contributed by atoms with Crippen LogP contribution in [-0.4, -0.2) is 24.1 Å². The van der Waals surface area contributed by atoms with E-state index >= 15 is 0 Å². The summed E-state index contributed by atoms with van der Waals surface area (Å²) >= 11 is 0. The molecule has 196 valence electrons. The topological polar surface area (TPSA) is 88.1 Å². The van der Waals surface area contributed by atoms with Gasteiger partial charge in [-0.25, -0.2) is 9.59 Å². The van der Waals surface area contributed by atoms with Gasteiger partial charge in [-0.2, -0.15) is 0 Å². The largest absolute Gasteiger partial charge is 0.699 e. The quantitative estimate of drug-likeness (QED) is 0.214. The number of benzene rings is 2. The van der Waals surface area contributed by atoms with Crippen LogP contribution in [0.2, 0.25) is 0 Å². The minimum absolute atomic E-state index is 0.250. The van der Waals surface area contributed by atoms with Crippen LogP contribution < -0.4 is 9.47 Å². The van der Waals surface area contributed by atoms with E-state index in [1.807, 2.05) is 79.7 Å². The second-order valence-electron chi connectivity index (χ2n) is 11.1. The molecule has 0 aromatic heterocycles. The number of aryl methyl sites for hydroxylation is 2. The van der Waals surface area contributed by atoms with Crippen molar-refractivity contribution in [3.05, 3.63) is 58.7 Å². The highest BCUT2D eigenvalue weighted by molar-refractivity contribution is 7.33. The molecule has 2 aromatic rings. The summed E-state index contributed by atoms with van der Waals surface area (Å²) in [6.45, 7) is 18.9. The Balaban J connectivity index is 2.00. The van der Waals surface area contributed by atoms with Crippen molar-refractivity contribution in [2.24, 2.45) is 0 Å². The molecular weight excluding hydrogens is 479 g/mol. The number of rotatable bonds is 8. The van der Waals surface area contributed by atoms with Crippen molar-refractivity contribution < 1.29 is 32.7 Å². The van der Waals surface area contributed by atoms with E-state index in [9.17, 15) is 14.2 Å². The third-order valence-corrected chi connectivity index (χ3v) is 6.44. The van der Waals surface area contributed by atoms with Crippen molar-refractivity contribution in [2.45, 2.75) is 92.3 Å². The van der Waals surface area contributed by atoms with Crippen molar-refractivity contribution >= 4 is 20.2 Å². The third-order valence-electron chi connectivity index (χ3n) is 5.46. The average molecular weight is 518 g/mol. The lowest BCUT2D eigenvalue weighted by molar-refractivity contribution is -0.143. The molecule has 2 unspecified atom stereocenters. The lowest BCUT2D eigenvalue weighted by atomic mass is 9.85. The number of ether oxygens (including phenoxy) is 2. The summed E-state index contributed by atoms with van der Waals surface area (Å²) in [5.74, 6) is -0.620. The average Bonchev–Trinajstić information content (AvgIpc) is 2.74. The molecule has 0 spiro atoms. The fourth-order valence-electron chi connectivity index (χ4n) is 3.39. The van der Waals surface area contributed by atoms with Crippen LogP contribution in [0.5, 0.6) is 11.5 Å². The van der Waals surface area contributed by atoms with Gasteiger partial charge in [0.2, 0.25) is 12.2 Å². The van der Waals surface area contributed by atoms with Gasteiger partial charge in [-0.05, 0) is 50.7 Å². The molecule has 0 amide bonds. The first-order chi connectivity index (χ1) is 16.5. The van der Waals surface area contributed by atoms with Crippen LogP contribution in [0, 0.1) is 13.8 Å². The van der Waals surface area contributed by atoms with Gasteiger partial charge in [-0.1, -0.05) is 76.9 Å². The van der Waals surface area contributed by atoms with Gasteiger partial charge in [0.05, 0.1) is 0 Å². The summed E-state index contributed by atoms with van der Waals surface area (Å²) in [5.41, 5.74) is 3.32. The Morgan fingerprint density at radius 2 is 1.03 bits per heavy atom. The highest BCUT2D eigenvalue weighted by Gasteiger charge is 2.36. The van der Waals surface area contributed by atoms with Crippen LogP contribution in [0.3, 0.4) is 0 Å². The fourth-order valence-corrected chi connectivity index (χ4v) is 4.13. The number of carbonyl (C=O) groups is 2. The molecule has 0 saturated carbocycles. The molecule has 0 radical (unpaired) electrons. The molecule has 0 aliphatic carbocycles. The molecule has 0 heterocycles. The van der Waals surface area contributed by atoms with Gasteiger partial charge in [0.15, 0.2) is 0 Å². The SMILES string of the molecule is Cc1ccc(OC(=O)C(C)O[P+](=O)OC(C)C(=O)Oc2ccc(C)cc2C(C)(C)C)c(C(C)(C)C)c1. The summed E-state index contributed by atoms with van der Waals surface area (Å²) in [6, 6.07) is 11.1. The lowest BCUT2D eigenvalue weighted by Crippen LogP contribution is -2.28. The lowest BCUT2D eigenvalue weighted by Gasteiger charge is -2.23. The molecule has 0 saturated heterocycles. The summed E-state index contributed by atoms with van der Waals surface area (Å²) in [5, 5.41) is 0. The molecule has 0 fully saturated rings. The van der Waals surface area contributed by atoms with Crippen LogP contribution in [0.25, 0.3) is 0 Å². The Labute approximate surface area is 215 Å². The van der Waals surface area contributed by atoms with Crippen molar-refractivity contribution in [3.63, 3.8) is 0 Å². The van der Waals surface area contributed by atoms with Crippen LogP contribution in [0.4, 0.5) is 0 Å². The molecule has 36 heavy (non-hydrogen) atoms. The van der Waals surface area contributed by atoms with Crippen LogP contribution in [0.1, 0.15) is 77.6 Å². The zero-order valence-electron chi connectivity index (χ0n) is 22.9. The van der Waals surface area contributed by atoms with E-state index in [1.165, 1.54) is 13.8 Å². The van der Waals surface area contributed by atoms with E-state index in [0.29, 0.717) is 11.5 Å². The normalized spacial score (nSPS) is 14.1. The number of carbonyl (C=O) groups excluding carboxylic acids is 2. The molecule has 2 aromatic carbocycles. The fraction of sp³-hybridized carbons (Fsp3) is 0.500. The van der Waals surface area contributed by atoms with E-state index < -0.39 is 32.4 Å². The summed E-state index contributed by atoms with van der Waals surface area (Å²) in [7, 11) is -2.80. The standard InChI is InChI=1S/C28H38O7P/c1-17-11-13-23(21(15-17)27(5,6)7)32-25(29)19(3)34-36(31)35-20(4)26(30)33-24-14-12-18(2)16-22(24)28(8,9)10/h11-16,19-20H,1-10H3/q+1. The van der Waals surface area contributed by atoms with Gasteiger partial charge in [0.25, 0.3) is 0 Å². The molecule has 2 rings (SSSR count). The Hall–Kier alpha value is -2.60. The van der Waals surface area contributed by atoms with Gasteiger partial charge in [-0.15, -0.1) is 9.05 Å². The molecule has 0 N–H and O–H groups in total. The molecule has 0 bridgehead atoms. The first kappa shape index (κ1) is 29.6. The highest BCUT2D eigenvalue weighted by atomic mass is 31.1. The molecule has 2 atom stereocenters. The molecule has 8 heteroatoms. The molecular formula is C28H38O7P+. The summed E-state index contributed by atoms with van der Waals surface area (Å²) < 4.78 is 33.9. The van der Waals surface area contributed by atoms with Gasteiger partial charge >= 0.3 is 20.2 Å². The molecule has 7 nitrogen and oxygen atoms in total. The molecule has 0 aliphatic heterocycles. The second-order valence-corrected chi connectivity index (χ2v) is 11.9. The van der Waals surface area contributed by atoms with Crippen LogP contribution in [0.15, 0.2) is 36.4 Å². The van der Waals surface area contributed by atoms with Gasteiger partial charge in [-0.3, -0.25) is 0 Å². The second kappa shape index (κ2) is 11.6. The van der Waals surface area contributed by atoms with Crippen molar-refractivity contribution in [2.75, 3.05) is 0 Å². The Bertz CT molecular complexity index is 1040. The van der Waals surface area contributed by atoms with Crippen molar-refractivity contribution in [1.29, 1.82) is 0 Å².